The smallest absolute Gasteiger partial charge is 0.227 e. The predicted octanol–water partition coefficient (Wildman–Crippen LogP) is 1.63. The second-order valence-corrected chi connectivity index (χ2v) is 7.05. The summed E-state index contributed by atoms with van der Waals surface area (Å²) >= 11 is 1.65. The Bertz CT molecular complexity index is 494. The van der Waals surface area contributed by atoms with Crippen LogP contribution in [-0.2, 0) is 20.7 Å². The molecule has 2 aliphatic heterocycles. The van der Waals surface area contributed by atoms with Crippen LogP contribution < -0.4 is 0 Å². The maximum atomic E-state index is 12.5. The molecule has 0 aliphatic carbocycles. The summed E-state index contributed by atoms with van der Waals surface area (Å²) in [5.41, 5.74) is 1.12. The van der Waals surface area contributed by atoms with Crippen molar-refractivity contribution in [2.45, 2.75) is 31.4 Å². The van der Waals surface area contributed by atoms with E-state index in [1.54, 1.807) is 18.4 Å². The van der Waals surface area contributed by atoms with Crippen molar-refractivity contribution in [1.29, 1.82) is 0 Å². The van der Waals surface area contributed by atoms with Gasteiger partial charge in [0.25, 0.3) is 0 Å². The van der Waals surface area contributed by atoms with Crippen molar-refractivity contribution in [3.8, 4) is 0 Å². The van der Waals surface area contributed by atoms with Gasteiger partial charge in [-0.15, -0.1) is 0 Å². The van der Waals surface area contributed by atoms with Crippen LogP contribution in [0.1, 0.15) is 18.4 Å². The number of fused-ring (bicyclic) bond motifs is 1. The number of nitrogens with zero attached hydrogens (tertiary/aromatic N) is 2. The lowest BCUT2D eigenvalue weighted by Gasteiger charge is -2.40. The van der Waals surface area contributed by atoms with Gasteiger partial charge in [-0.05, 0) is 35.2 Å². The molecule has 1 aromatic heterocycles. The molecule has 0 N–H and O–H groups in total. The number of ether oxygens (including phenoxy) is 2. The number of thiophene rings is 1. The summed E-state index contributed by atoms with van der Waals surface area (Å²) in [6.07, 6.45) is 2.69. The van der Waals surface area contributed by atoms with Crippen molar-refractivity contribution in [2.75, 3.05) is 46.5 Å². The summed E-state index contributed by atoms with van der Waals surface area (Å²) in [5.74, 6) is 0.241. The van der Waals surface area contributed by atoms with Gasteiger partial charge in [0.1, 0.15) is 0 Å². The fraction of sp³-hybridized carbons (Fsp3) is 0.706. The normalized spacial score (nSPS) is 25.9. The summed E-state index contributed by atoms with van der Waals surface area (Å²) in [6.45, 7) is 5.09. The van der Waals surface area contributed by atoms with E-state index in [-0.39, 0.29) is 12.0 Å². The molecule has 1 amide bonds. The maximum absolute atomic E-state index is 12.5. The molecular weight excluding hydrogens is 312 g/mol. The summed E-state index contributed by atoms with van der Waals surface area (Å²) < 4.78 is 11.2. The Labute approximate surface area is 142 Å². The Balaban J connectivity index is 1.58. The summed E-state index contributed by atoms with van der Waals surface area (Å²) in [4.78, 5) is 17.0. The zero-order valence-corrected chi connectivity index (χ0v) is 14.6. The molecular formula is C17H26N2O3S. The molecule has 0 radical (unpaired) electrons. The average Bonchev–Trinajstić information content (AvgIpc) is 2.96. The highest BCUT2D eigenvalue weighted by Gasteiger charge is 2.35. The lowest BCUT2D eigenvalue weighted by Crippen LogP contribution is -2.52. The van der Waals surface area contributed by atoms with Crippen LogP contribution in [0.2, 0.25) is 0 Å². The Morgan fingerprint density at radius 3 is 3.04 bits per heavy atom. The van der Waals surface area contributed by atoms with Gasteiger partial charge < -0.3 is 14.4 Å². The second-order valence-electron chi connectivity index (χ2n) is 6.27. The van der Waals surface area contributed by atoms with Gasteiger partial charge in [-0.2, -0.15) is 11.3 Å². The molecule has 0 unspecified atom stereocenters. The first kappa shape index (κ1) is 16.9. The van der Waals surface area contributed by atoms with Crippen molar-refractivity contribution in [3.05, 3.63) is 22.4 Å². The number of hydrogen-bond acceptors (Lipinski definition) is 5. The van der Waals surface area contributed by atoms with E-state index in [2.05, 4.69) is 10.3 Å². The lowest BCUT2D eigenvalue weighted by atomic mass is 10.0. The van der Waals surface area contributed by atoms with Crippen molar-refractivity contribution in [3.63, 3.8) is 0 Å². The third kappa shape index (κ3) is 4.32. The zero-order valence-electron chi connectivity index (χ0n) is 13.8. The van der Waals surface area contributed by atoms with Crippen molar-refractivity contribution in [2.24, 2.45) is 0 Å². The molecule has 6 heteroatoms. The van der Waals surface area contributed by atoms with Gasteiger partial charge in [-0.3, -0.25) is 9.69 Å². The summed E-state index contributed by atoms with van der Waals surface area (Å²) in [5, 5.41) is 4.09. The van der Waals surface area contributed by atoms with E-state index in [4.69, 9.17) is 9.47 Å². The molecule has 0 spiro atoms. The van der Waals surface area contributed by atoms with Crippen LogP contribution in [0.5, 0.6) is 0 Å². The standard InChI is InChI=1S/C17H26N2O3S/c1-21-9-7-18-8-10-22-16-3-6-19(5-2-15(16)18)17(20)12-14-4-11-23-13-14/h4,11,13,15-16H,2-3,5-10,12H2,1H3/t15-,16-/m0/s1. The van der Waals surface area contributed by atoms with E-state index < -0.39 is 0 Å². The predicted molar refractivity (Wildman–Crippen MR) is 90.8 cm³/mol. The number of morpholine rings is 1. The fourth-order valence-corrected chi connectivity index (χ4v) is 4.24. The first-order chi connectivity index (χ1) is 11.3. The van der Waals surface area contributed by atoms with E-state index in [1.165, 1.54) is 0 Å². The van der Waals surface area contributed by atoms with Gasteiger partial charge >= 0.3 is 0 Å². The highest BCUT2D eigenvalue weighted by atomic mass is 32.1. The maximum Gasteiger partial charge on any atom is 0.227 e. The number of carbonyl (C=O) groups excluding carboxylic acids is 1. The molecule has 128 valence electrons. The van der Waals surface area contributed by atoms with Crippen LogP contribution in [-0.4, -0.2) is 74.4 Å². The monoisotopic (exact) mass is 338 g/mol. The van der Waals surface area contributed by atoms with Crippen molar-refractivity contribution < 1.29 is 14.3 Å². The molecule has 3 rings (SSSR count). The van der Waals surface area contributed by atoms with Crippen LogP contribution in [0.15, 0.2) is 16.8 Å². The quantitative estimate of drug-likeness (QED) is 0.818. The van der Waals surface area contributed by atoms with Gasteiger partial charge in [0, 0.05) is 39.3 Å². The van der Waals surface area contributed by atoms with E-state index in [9.17, 15) is 4.79 Å². The molecule has 2 saturated heterocycles. The third-order valence-electron chi connectivity index (χ3n) is 4.86. The topological polar surface area (TPSA) is 42.0 Å². The number of amides is 1. The number of carbonyl (C=O) groups is 1. The molecule has 0 aromatic carbocycles. The minimum atomic E-state index is 0.241. The molecule has 2 fully saturated rings. The first-order valence-corrected chi connectivity index (χ1v) is 9.35. The van der Waals surface area contributed by atoms with E-state index in [0.717, 1.165) is 57.8 Å². The zero-order chi connectivity index (χ0) is 16.1. The minimum absolute atomic E-state index is 0.241. The van der Waals surface area contributed by atoms with E-state index in [0.29, 0.717) is 12.5 Å². The van der Waals surface area contributed by atoms with Gasteiger partial charge in [-0.25, -0.2) is 0 Å². The van der Waals surface area contributed by atoms with Crippen LogP contribution in [0.3, 0.4) is 0 Å². The van der Waals surface area contributed by atoms with Crippen LogP contribution in [0, 0.1) is 0 Å². The Morgan fingerprint density at radius 1 is 1.39 bits per heavy atom. The second kappa shape index (κ2) is 8.24. The molecule has 5 nitrogen and oxygen atoms in total. The van der Waals surface area contributed by atoms with E-state index >= 15 is 0 Å². The Morgan fingerprint density at radius 2 is 2.26 bits per heavy atom. The lowest BCUT2D eigenvalue weighted by molar-refractivity contribution is -0.130. The van der Waals surface area contributed by atoms with Crippen molar-refractivity contribution >= 4 is 17.2 Å². The third-order valence-corrected chi connectivity index (χ3v) is 5.59. The highest BCUT2D eigenvalue weighted by molar-refractivity contribution is 7.07. The van der Waals surface area contributed by atoms with Gasteiger partial charge in [0.2, 0.25) is 5.91 Å². The first-order valence-electron chi connectivity index (χ1n) is 8.41. The van der Waals surface area contributed by atoms with Crippen molar-refractivity contribution in [1.82, 2.24) is 9.80 Å². The summed E-state index contributed by atoms with van der Waals surface area (Å²) in [7, 11) is 1.75. The van der Waals surface area contributed by atoms with Gasteiger partial charge in [0.05, 0.1) is 25.7 Å². The SMILES string of the molecule is COCCN1CCO[C@H]2CCN(C(=O)Cc3ccsc3)CC[C@@H]21. The largest absolute Gasteiger partial charge is 0.383 e. The average molecular weight is 338 g/mol. The van der Waals surface area contributed by atoms with E-state index in [1.807, 2.05) is 16.3 Å². The Hall–Kier alpha value is -0.950. The number of likely N-dealkylation sites (tertiary alicyclic amines) is 1. The molecule has 3 heterocycles. The summed E-state index contributed by atoms with van der Waals surface area (Å²) in [6, 6.07) is 2.45. The number of hydrogen-bond donors (Lipinski definition) is 0. The van der Waals surface area contributed by atoms with Crippen LogP contribution >= 0.6 is 11.3 Å². The molecule has 0 saturated carbocycles. The molecule has 1 aromatic rings. The fourth-order valence-electron chi connectivity index (χ4n) is 3.58. The molecule has 23 heavy (non-hydrogen) atoms. The molecule has 2 atom stereocenters. The van der Waals surface area contributed by atoms with Gasteiger partial charge in [-0.1, -0.05) is 0 Å². The molecule has 2 aliphatic rings. The highest BCUT2D eigenvalue weighted by Crippen LogP contribution is 2.24. The Kier molecular flexibility index (Phi) is 6.05. The van der Waals surface area contributed by atoms with Gasteiger partial charge in [0.15, 0.2) is 0 Å². The minimum Gasteiger partial charge on any atom is -0.383 e. The number of rotatable bonds is 5. The number of methoxy groups -OCH3 is 1. The molecule has 0 bridgehead atoms. The van der Waals surface area contributed by atoms with Crippen LogP contribution in [0.25, 0.3) is 0 Å². The van der Waals surface area contributed by atoms with Crippen LogP contribution in [0.4, 0.5) is 0 Å².